The van der Waals surface area contributed by atoms with Crippen molar-refractivity contribution >= 4 is 17.5 Å². The van der Waals surface area contributed by atoms with Crippen LogP contribution >= 0.6 is 0 Å². The van der Waals surface area contributed by atoms with Crippen LogP contribution in [0.5, 0.6) is 17.4 Å². The van der Waals surface area contributed by atoms with Crippen molar-refractivity contribution in [1.82, 2.24) is 15.0 Å². The van der Waals surface area contributed by atoms with Crippen molar-refractivity contribution in [3.05, 3.63) is 79.0 Å². The molecule has 3 N–H and O–H groups in total. The summed E-state index contributed by atoms with van der Waals surface area (Å²) < 4.78 is 16.4. The summed E-state index contributed by atoms with van der Waals surface area (Å²) in [4.78, 5) is 12.8. The smallest absolute Gasteiger partial charge is 0.222 e. The molecule has 8 heteroatoms. The zero-order chi connectivity index (χ0) is 22.2. The second kappa shape index (κ2) is 10.2. The number of hydrogen-bond acceptors (Lipinski definition) is 8. The van der Waals surface area contributed by atoms with E-state index in [1.54, 1.807) is 25.4 Å². The van der Waals surface area contributed by atoms with Crippen LogP contribution in [0.3, 0.4) is 0 Å². The Bertz CT molecular complexity index is 1150. The number of methoxy groups -OCH3 is 1. The molecule has 0 saturated heterocycles. The van der Waals surface area contributed by atoms with Crippen molar-refractivity contribution in [3.8, 4) is 28.6 Å². The Morgan fingerprint density at radius 3 is 2.47 bits per heavy atom. The highest BCUT2D eigenvalue weighted by molar-refractivity contribution is 5.67. The van der Waals surface area contributed by atoms with Crippen LogP contribution in [-0.4, -0.2) is 35.3 Å². The molecule has 0 spiro atoms. The standard InChI is InChI=1S/C24H23N5O3/c1-30-13-14-31-23-15-20(11-12-26-23)32-19-9-7-18(8-10-19)27-22-16-21(28-24(25)29-22)17-5-3-2-4-6-17/h2-12,15-16H,13-14H2,1H3,(H3,25,27,28,29). The molecular weight excluding hydrogens is 406 g/mol. The summed E-state index contributed by atoms with van der Waals surface area (Å²) >= 11 is 0. The molecule has 0 amide bonds. The zero-order valence-corrected chi connectivity index (χ0v) is 17.6. The van der Waals surface area contributed by atoms with Gasteiger partial charge in [0.15, 0.2) is 0 Å². The Morgan fingerprint density at radius 1 is 0.875 bits per heavy atom. The van der Waals surface area contributed by atoms with E-state index in [0.717, 1.165) is 16.9 Å². The second-order valence-corrected chi connectivity index (χ2v) is 6.79. The fourth-order valence-corrected chi connectivity index (χ4v) is 2.94. The number of nitrogens with two attached hydrogens (primary N) is 1. The molecule has 0 saturated carbocycles. The first-order valence-corrected chi connectivity index (χ1v) is 10.0. The van der Waals surface area contributed by atoms with E-state index in [0.29, 0.717) is 36.4 Å². The van der Waals surface area contributed by atoms with Gasteiger partial charge >= 0.3 is 0 Å². The minimum atomic E-state index is 0.204. The summed E-state index contributed by atoms with van der Waals surface area (Å²) in [6, 6.07) is 22.7. The molecule has 162 valence electrons. The van der Waals surface area contributed by atoms with E-state index in [2.05, 4.69) is 20.3 Å². The fraction of sp³-hybridized carbons (Fsp3) is 0.125. The Morgan fingerprint density at radius 2 is 1.69 bits per heavy atom. The van der Waals surface area contributed by atoms with Gasteiger partial charge in [-0.2, -0.15) is 4.98 Å². The van der Waals surface area contributed by atoms with E-state index in [1.165, 1.54) is 0 Å². The first kappa shape index (κ1) is 21.1. The SMILES string of the molecule is COCCOc1cc(Oc2ccc(Nc3cc(-c4ccccc4)nc(N)n3)cc2)ccn1. The number of anilines is 3. The van der Waals surface area contributed by atoms with E-state index < -0.39 is 0 Å². The number of benzene rings is 2. The summed E-state index contributed by atoms with van der Waals surface area (Å²) in [6.07, 6.45) is 1.64. The van der Waals surface area contributed by atoms with Crippen molar-refractivity contribution in [2.75, 3.05) is 31.4 Å². The number of nitrogens with one attached hydrogen (secondary N) is 1. The van der Waals surface area contributed by atoms with E-state index >= 15 is 0 Å². The van der Waals surface area contributed by atoms with Gasteiger partial charge in [-0.15, -0.1) is 0 Å². The maximum Gasteiger partial charge on any atom is 0.222 e. The van der Waals surface area contributed by atoms with Gasteiger partial charge in [0.2, 0.25) is 11.8 Å². The van der Waals surface area contributed by atoms with Crippen LogP contribution in [-0.2, 0) is 4.74 Å². The molecule has 0 atom stereocenters. The van der Waals surface area contributed by atoms with E-state index in [4.69, 9.17) is 19.9 Å². The third-order valence-electron chi connectivity index (χ3n) is 4.42. The van der Waals surface area contributed by atoms with Crippen molar-refractivity contribution in [2.24, 2.45) is 0 Å². The number of aromatic nitrogens is 3. The van der Waals surface area contributed by atoms with Crippen LogP contribution in [0.25, 0.3) is 11.3 Å². The molecule has 32 heavy (non-hydrogen) atoms. The van der Waals surface area contributed by atoms with Crippen LogP contribution in [0.4, 0.5) is 17.5 Å². The maximum atomic E-state index is 5.91. The summed E-state index contributed by atoms with van der Waals surface area (Å²) in [5, 5.41) is 3.26. The van der Waals surface area contributed by atoms with Gasteiger partial charge in [0.1, 0.15) is 23.9 Å². The molecule has 0 unspecified atom stereocenters. The van der Waals surface area contributed by atoms with E-state index in [9.17, 15) is 0 Å². The van der Waals surface area contributed by atoms with Gasteiger partial charge < -0.3 is 25.3 Å². The first-order valence-electron chi connectivity index (χ1n) is 10.0. The highest BCUT2D eigenvalue weighted by atomic mass is 16.5. The molecule has 4 rings (SSSR count). The highest BCUT2D eigenvalue weighted by Gasteiger charge is 2.06. The molecule has 0 radical (unpaired) electrons. The Kier molecular flexibility index (Phi) is 6.74. The van der Waals surface area contributed by atoms with Crippen molar-refractivity contribution in [1.29, 1.82) is 0 Å². The van der Waals surface area contributed by atoms with Crippen LogP contribution in [0.1, 0.15) is 0 Å². The van der Waals surface area contributed by atoms with Gasteiger partial charge in [-0.25, -0.2) is 9.97 Å². The number of nitrogens with zero attached hydrogens (tertiary/aromatic N) is 3. The Hall–Kier alpha value is -4.17. The Labute approximate surface area is 186 Å². The quantitative estimate of drug-likeness (QED) is 0.370. The lowest BCUT2D eigenvalue weighted by atomic mass is 10.1. The molecule has 0 fully saturated rings. The predicted octanol–water partition coefficient (Wildman–Crippen LogP) is 4.68. The molecule has 0 bridgehead atoms. The number of rotatable bonds is 9. The van der Waals surface area contributed by atoms with Crippen LogP contribution in [0, 0.1) is 0 Å². The lowest BCUT2D eigenvalue weighted by molar-refractivity contribution is 0.143. The van der Waals surface area contributed by atoms with Crippen molar-refractivity contribution < 1.29 is 14.2 Å². The number of pyridine rings is 1. The van der Waals surface area contributed by atoms with Crippen LogP contribution in [0.2, 0.25) is 0 Å². The number of hydrogen-bond donors (Lipinski definition) is 2. The minimum absolute atomic E-state index is 0.204. The predicted molar refractivity (Wildman–Crippen MR) is 123 cm³/mol. The van der Waals surface area contributed by atoms with Crippen molar-refractivity contribution in [3.63, 3.8) is 0 Å². The maximum absolute atomic E-state index is 5.91. The van der Waals surface area contributed by atoms with Crippen LogP contribution in [0.15, 0.2) is 79.0 Å². The molecule has 2 aromatic heterocycles. The molecule has 2 aromatic carbocycles. The lowest BCUT2D eigenvalue weighted by Gasteiger charge is -2.11. The topological polar surface area (TPSA) is 104 Å². The van der Waals surface area contributed by atoms with E-state index in [-0.39, 0.29) is 5.95 Å². The zero-order valence-electron chi connectivity index (χ0n) is 17.6. The first-order chi connectivity index (χ1) is 15.7. The van der Waals surface area contributed by atoms with Gasteiger partial charge in [0.05, 0.1) is 12.3 Å². The molecule has 8 nitrogen and oxygen atoms in total. The third kappa shape index (κ3) is 5.71. The van der Waals surface area contributed by atoms with Gasteiger partial charge in [0, 0.05) is 36.7 Å². The van der Waals surface area contributed by atoms with Gasteiger partial charge in [-0.3, -0.25) is 0 Å². The van der Waals surface area contributed by atoms with Gasteiger partial charge in [-0.1, -0.05) is 30.3 Å². The molecule has 0 aliphatic carbocycles. The van der Waals surface area contributed by atoms with Gasteiger partial charge in [0.25, 0.3) is 0 Å². The Balaban J connectivity index is 1.42. The van der Waals surface area contributed by atoms with Crippen molar-refractivity contribution in [2.45, 2.75) is 0 Å². The molecule has 0 aliphatic rings. The normalized spacial score (nSPS) is 10.5. The molecule has 2 heterocycles. The summed E-state index contributed by atoms with van der Waals surface area (Å²) in [7, 11) is 1.62. The van der Waals surface area contributed by atoms with E-state index in [1.807, 2.05) is 60.7 Å². The minimum Gasteiger partial charge on any atom is -0.475 e. The lowest BCUT2D eigenvalue weighted by Crippen LogP contribution is -2.05. The molecule has 4 aromatic rings. The average Bonchev–Trinajstić information content (AvgIpc) is 2.81. The average molecular weight is 429 g/mol. The number of nitrogen functional groups attached to an aromatic ring is 1. The monoisotopic (exact) mass is 429 g/mol. The molecular formula is C24H23N5O3. The van der Waals surface area contributed by atoms with Crippen LogP contribution < -0.4 is 20.5 Å². The summed E-state index contributed by atoms with van der Waals surface area (Å²) in [5.74, 6) is 2.60. The highest BCUT2D eigenvalue weighted by Crippen LogP contribution is 2.27. The fourth-order valence-electron chi connectivity index (χ4n) is 2.94. The second-order valence-electron chi connectivity index (χ2n) is 6.79. The largest absolute Gasteiger partial charge is 0.475 e. The third-order valence-corrected chi connectivity index (χ3v) is 4.42. The molecule has 0 aliphatic heterocycles. The number of ether oxygens (including phenoxy) is 3. The summed E-state index contributed by atoms with van der Waals surface area (Å²) in [5.41, 5.74) is 8.47. The van der Waals surface area contributed by atoms with Gasteiger partial charge in [-0.05, 0) is 30.3 Å². The summed E-state index contributed by atoms with van der Waals surface area (Å²) in [6.45, 7) is 0.916.